The number of nitro benzene ring substituents is 2. The van der Waals surface area contributed by atoms with E-state index in [1.165, 1.54) is 36.4 Å². The summed E-state index contributed by atoms with van der Waals surface area (Å²) in [6, 6.07) is 9.97. The third kappa shape index (κ3) is 5.72. The van der Waals surface area contributed by atoms with Gasteiger partial charge in [-0.2, -0.15) is 0 Å². The molecule has 12 heteroatoms. The Balaban J connectivity index is 2.62. The third-order valence-electron chi connectivity index (χ3n) is 3.78. The molecule has 0 aliphatic heterocycles. The van der Waals surface area contributed by atoms with E-state index in [0.29, 0.717) is 3.57 Å². The molecule has 0 saturated heterocycles. The summed E-state index contributed by atoms with van der Waals surface area (Å²) in [5.41, 5.74) is -0.110. The molecule has 2 aromatic rings. The van der Waals surface area contributed by atoms with Gasteiger partial charge in [-0.3, -0.25) is 24.8 Å². The monoisotopic (exact) mass is 535 g/mol. The van der Waals surface area contributed by atoms with Crippen molar-refractivity contribution in [3.8, 4) is 0 Å². The highest BCUT2D eigenvalue weighted by atomic mass is 127. The van der Waals surface area contributed by atoms with E-state index in [1.807, 2.05) is 22.6 Å². The van der Waals surface area contributed by atoms with E-state index in [2.05, 4.69) is 5.32 Å². The van der Waals surface area contributed by atoms with Crippen LogP contribution < -0.4 is 5.32 Å². The van der Waals surface area contributed by atoms with Gasteiger partial charge in [0.1, 0.15) is 5.69 Å². The first-order valence-corrected chi connectivity index (χ1v) is 11.2. The summed E-state index contributed by atoms with van der Waals surface area (Å²) in [6.45, 7) is 3.37. The maximum absolute atomic E-state index is 13.5. The summed E-state index contributed by atoms with van der Waals surface area (Å²) in [4.78, 5) is 21.5. The van der Waals surface area contributed by atoms with Crippen molar-refractivity contribution in [2.45, 2.75) is 19.6 Å². The Hall–Kier alpha value is -2.08. The van der Waals surface area contributed by atoms with Crippen LogP contribution in [0.15, 0.2) is 42.5 Å². The standard InChI is InChI=1S/C17H19IN3O7P/c1-3-27-29(26,28-4-2)17(12-6-5-7-14(10-12)20(22)23)19-15-9-8-13(18)11-16(15)21(24)25/h5-11,17,19H,3-4H2,1-2H3. The predicted octanol–water partition coefficient (Wildman–Crippen LogP) is 5.48. The maximum Gasteiger partial charge on any atom is 0.357 e. The van der Waals surface area contributed by atoms with Crippen LogP contribution in [0.2, 0.25) is 0 Å². The van der Waals surface area contributed by atoms with Gasteiger partial charge in [-0.1, -0.05) is 12.1 Å². The van der Waals surface area contributed by atoms with Crippen molar-refractivity contribution in [1.29, 1.82) is 0 Å². The number of nitrogens with one attached hydrogen (secondary N) is 1. The molecule has 0 aromatic heterocycles. The fourth-order valence-electron chi connectivity index (χ4n) is 2.62. The van der Waals surface area contributed by atoms with Crippen LogP contribution in [0.3, 0.4) is 0 Å². The molecule has 0 fully saturated rings. The molecule has 156 valence electrons. The molecule has 1 N–H and O–H groups in total. The van der Waals surface area contributed by atoms with Crippen LogP contribution in [0.4, 0.5) is 17.1 Å². The van der Waals surface area contributed by atoms with Crippen molar-refractivity contribution >= 4 is 47.2 Å². The minimum Gasteiger partial charge on any atom is -0.362 e. The molecule has 0 radical (unpaired) electrons. The van der Waals surface area contributed by atoms with Crippen LogP contribution >= 0.6 is 30.2 Å². The van der Waals surface area contributed by atoms with E-state index >= 15 is 0 Å². The van der Waals surface area contributed by atoms with Crippen LogP contribution in [-0.4, -0.2) is 23.1 Å². The molecule has 0 amide bonds. The molecule has 0 spiro atoms. The Bertz CT molecular complexity index is 946. The topological polar surface area (TPSA) is 134 Å². The first-order valence-electron chi connectivity index (χ1n) is 8.55. The zero-order valence-corrected chi connectivity index (χ0v) is 18.7. The van der Waals surface area contributed by atoms with Gasteiger partial charge in [0, 0.05) is 21.8 Å². The number of hydrogen-bond acceptors (Lipinski definition) is 8. The molecule has 10 nitrogen and oxygen atoms in total. The summed E-state index contributed by atoms with van der Waals surface area (Å²) in [5.74, 6) is -1.19. The Labute approximate surface area is 180 Å². The smallest absolute Gasteiger partial charge is 0.357 e. The van der Waals surface area contributed by atoms with Gasteiger partial charge in [-0.05, 0) is 54.1 Å². The second kappa shape index (κ2) is 10.1. The predicted molar refractivity (Wildman–Crippen MR) is 116 cm³/mol. The van der Waals surface area contributed by atoms with E-state index in [-0.39, 0.29) is 35.8 Å². The fourth-order valence-corrected chi connectivity index (χ4v) is 5.01. The van der Waals surface area contributed by atoms with Crippen molar-refractivity contribution < 1.29 is 23.5 Å². The van der Waals surface area contributed by atoms with Crippen LogP contribution in [0.5, 0.6) is 0 Å². The van der Waals surface area contributed by atoms with Crippen molar-refractivity contribution in [3.05, 3.63) is 71.8 Å². The van der Waals surface area contributed by atoms with E-state index < -0.39 is 23.2 Å². The third-order valence-corrected chi connectivity index (χ3v) is 6.75. The van der Waals surface area contributed by atoms with Gasteiger partial charge in [0.05, 0.1) is 23.1 Å². The molecule has 29 heavy (non-hydrogen) atoms. The van der Waals surface area contributed by atoms with Gasteiger partial charge < -0.3 is 14.4 Å². The van der Waals surface area contributed by atoms with E-state index in [0.717, 1.165) is 0 Å². The molecule has 2 aromatic carbocycles. The number of benzene rings is 2. The average Bonchev–Trinajstić information content (AvgIpc) is 2.67. The van der Waals surface area contributed by atoms with E-state index in [4.69, 9.17) is 9.05 Å². The van der Waals surface area contributed by atoms with E-state index in [9.17, 15) is 24.8 Å². The highest BCUT2D eigenvalue weighted by Gasteiger charge is 2.38. The summed E-state index contributed by atoms with van der Waals surface area (Å²) < 4.78 is 25.0. The van der Waals surface area contributed by atoms with Gasteiger partial charge in [0.15, 0.2) is 5.78 Å². The Morgan fingerprint density at radius 1 is 1.07 bits per heavy atom. The molecule has 0 heterocycles. The van der Waals surface area contributed by atoms with Gasteiger partial charge in [0.25, 0.3) is 11.4 Å². The zero-order valence-electron chi connectivity index (χ0n) is 15.6. The first-order chi connectivity index (χ1) is 13.7. The molecular formula is C17H19IN3O7P. The van der Waals surface area contributed by atoms with Gasteiger partial charge in [-0.25, -0.2) is 0 Å². The molecule has 2 rings (SSSR count). The second-order valence-electron chi connectivity index (χ2n) is 5.69. The van der Waals surface area contributed by atoms with Gasteiger partial charge in [-0.15, -0.1) is 0 Å². The quantitative estimate of drug-likeness (QED) is 0.183. The van der Waals surface area contributed by atoms with Crippen molar-refractivity contribution in [3.63, 3.8) is 0 Å². The summed E-state index contributed by atoms with van der Waals surface area (Å²) >= 11 is 1.94. The van der Waals surface area contributed by atoms with Crippen LogP contribution in [-0.2, 0) is 13.6 Å². The number of anilines is 1. The molecule has 0 aliphatic rings. The second-order valence-corrected chi connectivity index (χ2v) is 9.05. The number of non-ortho nitro benzene ring substituents is 1. The Kier molecular flexibility index (Phi) is 8.08. The lowest BCUT2D eigenvalue weighted by Gasteiger charge is -2.28. The molecule has 0 saturated carbocycles. The summed E-state index contributed by atoms with van der Waals surface area (Å²) in [5, 5.41) is 25.5. The van der Waals surface area contributed by atoms with Crippen molar-refractivity contribution in [2.75, 3.05) is 18.5 Å². The zero-order chi connectivity index (χ0) is 21.6. The fraction of sp³-hybridized carbons (Fsp3) is 0.294. The minimum absolute atomic E-state index is 0.0547. The molecule has 1 unspecified atom stereocenters. The highest BCUT2D eigenvalue weighted by molar-refractivity contribution is 14.1. The number of rotatable bonds is 10. The largest absolute Gasteiger partial charge is 0.362 e. The Morgan fingerprint density at radius 3 is 2.28 bits per heavy atom. The molecule has 0 aliphatic carbocycles. The van der Waals surface area contributed by atoms with E-state index in [1.54, 1.807) is 19.9 Å². The Morgan fingerprint density at radius 2 is 1.72 bits per heavy atom. The number of nitro groups is 2. The van der Waals surface area contributed by atoms with Gasteiger partial charge in [0.2, 0.25) is 0 Å². The summed E-state index contributed by atoms with van der Waals surface area (Å²) in [7, 11) is -3.89. The minimum atomic E-state index is -3.89. The van der Waals surface area contributed by atoms with Crippen molar-refractivity contribution in [1.82, 2.24) is 0 Å². The normalized spacial score (nSPS) is 12.4. The SMILES string of the molecule is CCOP(=O)(OCC)C(Nc1ccc(I)cc1[N+](=O)[O-])c1cccc([N+](=O)[O-])c1. The van der Waals surface area contributed by atoms with Crippen molar-refractivity contribution in [2.24, 2.45) is 0 Å². The van der Waals surface area contributed by atoms with Crippen LogP contribution in [0.25, 0.3) is 0 Å². The van der Waals surface area contributed by atoms with Crippen LogP contribution in [0, 0.1) is 23.8 Å². The molecule has 0 bridgehead atoms. The first kappa shape index (κ1) is 23.2. The van der Waals surface area contributed by atoms with Gasteiger partial charge >= 0.3 is 7.60 Å². The lowest BCUT2D eigenvalue weighted by molar-refractivity contribution is -0.384. The summed E-state index contributed by atoms with van der Waals surface area (Å²) in [6.07, 6.45) is 0. The number of nitrogens with zero attached hydrogens (tertiary/aromatic N) is 2. The maximum atomic E-state index is 13.5. The lowest BCUT2D eigenvalue weighted by Crippen LogP contribution is -2.16. The average molecular weight is 535 g/mol. The highest BCUT2D eigenvalue weighted by Crippen LogP contribution is 2.61. The number of halogens is 1. The number of hydrogen-bond donors (Lipinski definition) is 1. The molecule has 1 atom stereocenters. The lowest BCUT2D eigenvalue weighted by atomic mass is 10.2. The molecular weight excluding hydrogens is 516 g/mol. The van der Waals surface area contributed by atoms with Crippen LogP contribution in [0.1, 0.15) is 25.2 Å².